The number of rotatable bonds is 4. The van der Waals surface area contributed by atoms with E-state index in [1.807, 2.05) is 0 Å². The van der Waals surface area contributed by atoms with Gasteiger partial charge in [-0.25, -0.2) is 4.79 Å². The summed E-state index contributed by atoms with van der Waals surface area (Å²) in [5.74, 6) is -0.814. The molecule has 6 nitrogen and oxygen atoms in total. The number of hydrogen-bond acceptors (Lipinski definition) is 6. The Labute approximate surface area is 125 Å². The number of carbonyl (C=O) groups is 1. The summed E-state index contributed by atoms with van der Waals surface area (Å²) in [7, 11) is 0. The van der Waals surface area contributed by atoms with E-state index in [9.17, 15) is 25.2 Å². The third kappa shape index (κ3) is 3.45. The van der Waals surface area contributed by atoms with Crippen molar-refractivity contribution in [2.75, 3.05) is 6.61 Å². The lowest BCUT2D eigenvalue weighted by Crippen LogP contribution is -2.65. The third-order valence-electron chi connectivity index (χ3n) is 4.28. The zero-order valence-corrected chi connectivity index (χ0v) is 13.0. The first-order valence-corrected chi connectivity index (χ1v) is 7.14. The Morgan fingerprint density at radius 2 is 1.90 bits per heavy atom. The molecule has 21 heavy (non-hydrogen) atoms. The molecule has 0 amide bonds. The van der Waals surface area contributed by atoms with Crippen molar-refractivity contribution in [2.45, 2.75) is 63.9 Å². The first-order chi connectivity index (χ1) is 9.47. The number of aliphatic hydroxyl groups is 4. The quantitative estimate of drug-likeness (QED) is 0.434. The van der Waals surface area contributed by atoms with E-state index in [0.717, 1.165) is 6.08 Å². The van der Waals surface area contributed by atoms with Crippen LogP contribution in [0.3, 0.4) is 0 Å². The maximum atomic E-state index is 11.4. The molecule has 0 aliphatic heterocycles. The van der Waals surface area contributed by atoms with Gasteiger partial charge in [0, 0.05) is 11.8 Å². The molecule has 1 rings (SSSR count). The summed E-state index contributed by atoms with van der Waals surface area (Å²) in [5.41, 5.74) is -4.11. The largest absolute Gasteiger partial charge is 0.464 e. The third-order valence-corrected chi connectivity index (χ3v) is 4.28. The predicted octanol–water partition coefficient (Wildman–Crippen LogP) is 0.130. The molecule has 0 radical (unpaired) electrons. The van der Waals surface area contributed by atoms with Gasteiger partial charge in [-0.05, 0) is 26.3 Å². The van der Waals surface area contributed by atoms with Gasteiger partial charge in [0.1, 0.15) is 5.60 Å². The first-order valence-electron chi connectivity index (χ1n) is 7.14. The maximum Gasteiger partial charge on any atom is 0.338 e. The van der Waals surface area contributed by atoms with Gasteiger partial charge < -0.3 is 25.2 Å². The van der Waals surface area contributed by atoms with Gasteiger partial charge in [-0.15, -0.1) is 0 Å². The van der Waals surface area contributed by atoms with Crippen molar-refractivity contribution < 1.29 is 30.0 Å². The summed E-state index contributed by atoms with van der Waals surface area (Å²) in [5, 5.41) is 40.9. The molecule has 1 saturated carbocycles. The maximum absolute atomic E-state index is 11.4. The van der Waals surface area contributed by atoms with Crippen LogP contribution in [0.2, 0.25) is 0 Å². The minimum atomic E-state index is -1.69. The van der Waals surface area contributed by atoms with Gasteiger partial charge in [0.2, 0.25) is 0 Å². The standard InChI is InChI=1S/C15H26O6/c1-5-21-12(18)11(17)6-7-15(20)13(2,3)8-10(16)9-14(15,4)19/h6-7,10-11,16-17,19-20H,5,8-9H2,1-4H3/b7-6+/t10-,11?,14+,15-/m1/s1. The van der Waals surface area contributed by atoms with Gasteiger partial charge >= 0.3 is 5.97 Å². The molecular formula is C15H26O6. The number of hydrogen-bond donors (Lipinski definition) is 4. The van der Waals surface area contributed by atoms with Crippen LogP contribution in [0.4, 0.5) is 0 Å². The van der Waals surface area contributed by atoms with Crippen molar-refractivity contribution in [1.82, 2.24) is 0 Å². The Morgan fingerprint density at radius 1 is 1.33 bits per heavy atom. The molecule has 1 aliphatic carbocycles. The molecule has 1 unspecified atom stereocenters. The van der Waals surface area contributed by atoms with Crippen LogP contribution < -0.4 is 0 Å². The van der Waals surface area contributed by atoms with Crippen molar-refractivity contribution in [3.05, 3.63) is 12.2 Å². The second-order valence-electron chi connectivity index (χ2n) is 6.54. The number of aliphatic hydroxyl groups excluding tert-OH is 2. The molecule has 0 spiro atoms. The van der Waals surface area contributed by atoms with Crippen molar-refractivity contribution in [1.29, 1.82) is 0 Å². The Balaban J connectivity index is 3.03. The van der Waals surface area contributed by atoms with Crippen LogP contribution in [0.1, 0.15) is 40.5 Å². The number of esters is 1. The van der Waals surface area contributed by atoms with Crippen LogP contribution in [-0.4, -0.2) is 56.4 Å². The summed E-state index contributed by atoms with van der Waals surface area (Å²) in [6, 6.07) is 0. The summed E-state index contributed by atoms with van der Waals surface area (Å²) in [6.45, 7) is 6.62. The van der Waals surface area contributed by atoms with E-state index in [1.165, 1.54) is 13.0 Å². The first kappa shape index (κ1) is 18.1. The van der Waals surface area contributed by atoms with E-state index >= 15 is 0 Å². The Hall–Kier alpha value is -0.950. The molecule has 0 heterocycles. The molecule has 0 saturated heterocycles. The topological polar surface area (TPSA) is 107 Å². The highest BCUT2D eigenvalue weighted by Gasteiger charge is 2.58. The highest BCUT2D eigenvalue weighted by Crippen LogP contribution is 2.50. The zero-order valence-electron chi connectivity index (χ0n) is 13.0. The van der Waals surface area contributed by atoms with Gasteiger partial charge in [-0.3, -0.25) is 0 Å². The minimum Gasteiger partial charge on any atom is -0.464 e. The van der Waals surface area contributed by atoms with Crippen molar-refractivity contribution in [2.24, 2.45) is 5.41 Å². The second-order valence-corrected chi connectivity index (χ2v) is 6.54. The molecule has 1 fully saturated rings. The number of ether oxygens (including phenoxy) is 1. The number of carbonyl (C=O) groups excluding carboxylic acids is 1. The smallest absolute Gasteiger partial charge is 0.338 e. The molecule has 122 valence electrons. The molecule has 4 atom stereocenters. The monoisotopic (exact) mass is 302 g/mol. The average molecular weight is 302 g/mol. The fraction of sp³-hybridized carbons (Fsp3) is 0.800. The molecule has 6 heteroatoms. The van der Waals surface area contributed by atoms with Crippen LogP contribution in [0.25, 0.3) is 0 Å². The van der Waals surface area contributed by atoms with Crippen molar-refractivity contribution in [3.63, 3.8) is 0 Å². The van der Waals surface area contributed by atoms with E-state index in [0.29, 0.717) is 6.42 Å². The van der Waals surface area contributed by atoms with Crippen LogP contribution in [0, 0.1) is 5.41 Å². The van der Waals surface area contributed by atoms with Gasteiger partial charge in [-0.2, -0.15) is 0 Å². The Bertz CT molecular complexity index is 394. The highest BCUT2D eigenvalue weighted by molar-refractivity contribution is 5.76. The van der Waals surface area contributed by atoms with E-state index in [-0.39, 0.29) is 13.0 Å². The van der Waals surface area contributed by atoms with Crippen LogP contribution in [-0.2, 0) is 9.53 Å². The summed E-state index contributed by atoms with van der Waals surface area (Å²) in [4.78, 5) is 11.4. The molecule has 0 bridgehead atoms. The lowest BCUT2D eigenvalue weighted by atomic mass is 9.57. The Morgan fingerprint density at radius 3 is 2.38 bits per heavy atom. The summed E-state index contributed by atoms with van der Waals surface area (Å²) >= 11 is 0. The molecule has 0 aromatic carbocycles. The lowest BCUT2D eigenvalue weighted by Gasteiger charge is -2.54. The predicted molar refractivity (Wildman–Crippen MR) is 76.4 cm³/mol. The van der Waals surface area contributed by atoms with E-state index in [4.69, 9.17) is 0 Å². The van der Waals surface area contributed by atoms with E-state index < -0.39 is 34.8 Å². The highest BCUT2D eigenvalue weighted by atomic mass is 16.5. The average Bonchev–Trinajstić information content (AvgIpc) is 2.32. The zero-order chi connectivity index (χ0) is 16.5. The summed E-state index contributed by atoms with van der Waals surface area (Å²) in [6.07, 6.45) is 0.421. The normalized spacial score (nSPS) is 37.4. The molecule has 1 aliphatic rings. The van der Waals surface area contributed by atoms with Gasteiger partial charge in [0.05, 0.1) is 18.3 Å². The van der Waals surface area contributed by atoms with Crippen LogP contribution in [0.15, 0.2) is 12.2 Å². The van der Waals surface area contributed by atoms with Crippen LogP contribution in [0.5, 0.6) is 0 Å². The van der Waals surface area contributed by atoms with Crippen molar-refractivity contribution in [3.8, 4) is 0 Å². The fourth-order valence-corrected chi connectivity index (χ4v) is 3.10. The van der Waals surface area contributed by atoms with Crippen LogP contribution >= 0.6 is 0 Å². The lowest BCUT2D eigenvalue weighted by molar-refractivity contribution is -0.217. The molecule has 0 aromatic rings. The molecular weight excluding hydrogens is 276 g/mol. The van der Waals surface area contributed by atoms with Gasteiger partial charge in [0.25, 0.3) is 0 Å². The Kier molecular flexibility index (Phi) is 5.21. The molecule has 4 N–H and O–H groups in total. The fourth-order valence-electron chi connectivity index (χ4n) is 3.10. The second kappa shape index (κ2) is 6.04. The van der Waals surface area contributed by atoms with Gasteiger partial charge in [-0.1, -0.05) is 19.9 Å². The van der Waals surface area contributed by atoms with Gasteiger partial charge in [0.15, 0.2) is 6.10 Å². The van der Waals surface area contributed by atoms with Crippen molar-refractivity contribution >= 4 is 5.97 Å². The molecule has 0 aromatic heterocycles. The SMILES string of the molecule is CCOC(=O)C(O)/C=C/[C@@]1(O)C(C)(C)C[C@@H](O)C[C@]1(C)O. The van der Waals surface area contributed by atoms with E-state index in [2.05, 4.69) is 4.74 Å². The minimum absolute atomic E-state index is 0.00672. The van der Waals surface area contributed by atoms with E-state index in [1.54, 1.807) is 20.8 Å². The summed E-state index contributed by atoms with van der Waals surface area (Å²) < 4.78 is 4.67.